The second-order valence-electron chi connectivity index (χ2n) is 21.3. The van der Waals surface area contributed by atoms with Gasteiger partial charge >= 0.3 is 17.9 Å². The Hall–Kier alpha value is -3.93. The summed E-state index contributed by atoms with van der Waals surface area (Å²) in [7, 11) is 0. The summed E-state index contributed by atoms with van der Waals surface area (Å²) in [5.41, 5.74) is 0. The van der Waals surface area contributed by atoms with Crippen molar-refractivity contribution >= 4 is 17.9 Å². The van der Waals surface area contributed by atoms with Crippen LogP contribution in [0.1, 0.15) is 303 Å². The van der Waals surface area contributed by atoms with Gasteiger partial charge in [-0.05, 0) is 128 Å². The minimum atomic E-state index is -0.797. The van der Waals surface area contributed by atoms with Crippen molar-refractivity contribution in [1.82, 2.24) is 0 Å². The first-order valence-electron chi connectivity index (χ1n) is 32.4. The van der Waals surface area contributed by atoms with Crippen LogP contribution in [0.3, 0.4) is 0 Å². The molecule has 6 nitrogen and oxygen atoms in total. The van der Waals surface area contributed by atoms with E-state index in [-0.39, 0.29) is 31.1 Å². The third kappa shape index (κ3) is 62.8. The summed E-state index contributed by atoms with van der Waals surface area (Å²) in [4.78, 5) is 38.4. The number of esters is 3. The molecule has 0 spiro atoms. The standard InChI is InChI=1S/C71H120O6/c1-4-7-10-13-16-19-22-25-28-31-34-35-38-40-43-46-49-52-55-58-61-64-70(73)76-67-68(77-71(74)65-62-59-56-53-50-47-44-41-37-33-30-27-24-21-18-15-12-9-6-3)66-75-69(72)63-60-57-54-51-48-45-42-39-36-32-29-26-23-20-17-14-11-8-5-2/h9,12,17-18,20-22,25-27,29-31,34,36-37,39,41,68H,4-8,10-11,13-16,19,23-24,28,32-33,35,38,40,42-67H2,1-3H3/b12-9-,20-17-,21-18-,25-22-,29-26-,30-27-,34-31-,39-36-,41-37-. The highest BCUT2D eigenvalue weighted by atomic mass is 16.6. The molecule has 0 saturated carbocycles. The Balaban J connectivity index is 4.45. The highest BCUT2D eigenvalue weighted by molar-refractivity contribution is 5.71. The Morgan fingerprint density at radius 2 is 0.506 bits per heavy atom. The largest absolute Gasteiger partial charge is 0.462 e. The number of unbranched alkanes of at least 4 members (excludes halogenated alkanes) is 29. The third-order valence-electron chi connectivity index (χ3n) is 13.7. The van der Waals surface area contributed by atoms with Crippen molar-refractivity contribution < 1.29 is 28.6 Å². The van der Waals surface area contributed by atoms with Gasteiger partial charge < -0.3 is 14.2 Å². The average Bonchev–Trinajstić information content (AvgIpc) is 3.43. The van der Waals surface area contributed by atoms with Crippen molar-refractivity contribution in [2.24, 2.45) is 0 Å². The maximum atomic E-state index is 12.9. The summed E-state index contributed by atoms with van der Waals surface area (Å²) in [6.45, 7) is 6.49. The lowest BCUT2D eigenvalue weighted by molar-refractivity contribution is -0.167. The molecule has 77 heavy (non-hydrogen) atoms. The van der Waals surface area contributed by atoms with Gasteiger partial charge in [-0.25, -0.2) is 0 Å². The molecule has 0 aliphatic heterocycles. The lowest BCUT2D eigenvalue weighted by Gasteiger charge is -2.18. The summed E-state index contributed by atoms with van der Waals surface area (Å²) < 4.78 is 16.9. The van der Waals surface area contributed by atoms with Crippen LogP contribution in [0.15, 0.2) is 109 Å². The first-order chi connectivity index (χ1) is 38.0. The fraction of sp³-hybridized carbons (Fsp3) is 0.704. The van der Waals surface area contributed by atoms with E-state index in [9.17, 15) is 14.4 Å². The molecule has 0 saturated heterocycles. The summed E-state index contributed by atoms with van der Waals surface area (Å²) in [5, 5.41) is 0. The van der Waals surface area contributed by atoms with E-state index in [1.54, 1.807) is 0 Å². The van der Waals surface area contributed by atoms with E-state index in [1.807, 2.05) is 0 Å². The lowest BCUT2D eigenvalue weighted by atomic mass is 10.1. The molecule has 0 rings (SSSR count). The molecule has 0 aliphatic rings. The van der Waals surface area contributed by atoms with Gasteiger partial charge in [0, 0.05) is 19.3 Å². The van der Waals surface area contributed by atoms with Gasteiger partial charge in [-0.15, -0.1) is 0 Å². The van der Waals surface area contributed by atoms with Gasteiger partial charge in [0.15, 0.2) is 6.10 Å². The van der Waals surface area contributed by atoms with Gasteiger partial charge in [0.25, 0.3) is 0 Å². The number of rotatable bonds is 58. The van der Waals surface area contributed by atoms with Gasteiger partial charge in [-0.3, -0.25) is 14.4 Å². The fourth-order valence-corrected chi connectivity index (χ4v) is 8.88. The van der Waals surface area contributed by atoms with Crippen molar-refractivity contribution in [2.75, 3.05) is 13.2 Å². The Morgan fingerprint density at radius 1 is 0.273 bits per heavy atom. The fourth-order valence-electron chi connectivity index (χ4n) is 8.88. The number of allylic oxidation sites excluding steroid dienone is 18. The molecule has 0 amide bonds. The summed E-state index contributed by atoms with van der Waals surface area (Å²) >= 11 is 0. The van der Waals surface area contributed by atoms with E-state index < -0.39 is 6.10 Å². The Morgan fingerprint density at radius 3 is 0.818 bits per heavy atom. The van der Waals surface area contributed by atoms with Crippen LogP contribution >= 0.6 is 0 Å². The highest BCUT2D eigenvalue weighted by Gasteiger charge is 2.19. The molecule has 6 heteroatoms. The van der Waals surface area contributed by atoms with E-state index in [4.69, 9.17) is 14.2 Å². The summed E-state index contributed by atoms with van der Waals surface area (Å²) in [6.07, 6.45) is 87.9. The monoisotopic (exact) mass is 1070 g/mol. The van der Waals surface area contributed by atoms with Gasteiger partial charge in [-0.1, -0.05) is 265 Å². The highest BCUT2D eigenvalue weighted by Crippen LogP contribution is 2.15. The van der Waals surface area contributed by atoms with Crippen LogP contribution in [0, 0.1) is 0 Å². The van der Waals surface area contributed by atoms with Gasteiger partial charge in [0.2, 0.25) is 0 Å². The Kier molecular flexibility index (Phi) is 61.3. The number of hydrogen-bond acceptors (Lipinski definition) is 6. The van der Waals surface area contributed by atoms with E-state index >= 15 is 0 Å². The van der Waals surface area contributed by atoms with Crippen molar-refractivity contribution in [1.29, 1.82) is 0 Å². The molecule has 0 aromatic carbocycles. The Labute approximate surface area is 476 Å². The van der Waals surface area contributed by atoms with Gasteiger partial charge in [-0.2, -0.15) is 0 Å². The molecule has 0 heterocycles. The molecule has 0 N–H and O–H groups in total. The van der Waals surface area contributed by atoms with Crippen molar-refractivity contribution in [2.45, 2.75) is 309 Å². The van der Waals surface area contributed by atoms with Crippen LogP contribution < -0.4 is 0 Å². The molecule has 0 fully saturated rings. The number of carbonyl (C=O) groups is 3. The van der Waals surface area contributed by atoms with Crippen LogP contribution in [0.25, 0.3) is 0 Å². The quantitative estimate of drug-likeness (QED) is 0.0261. The topological polar surface area (TPSA) is 78.9 Å². The molecular weight excluding hydrogens is 949 g/mol. The van der Waals surface area contributed by atoms with Crippen LogP contribution in [0.5, 0.6) is 0 Å². The summed E-state index contributed by atoms with van der Waals surface area (Å²) in [5.74, 6) is -0.914. The van der Waals surface area contributed by atoms with Crippen molar-refractivity contribution in [3.05, 3.63) is 109 Å². The maximum absolute atomic E-state index is 12.9. The predicted molar refractivity (Wildman–Crippen MR) is 334 cm³/mol. The number of hydrogen-bond donors (Lipinski definition) is 0. The molecule has 0 bridgehead atoms. The van der Waals surface area contributed by atoms with E-state index in [1.165, 1.54) is 141 Å². The second-order valence-corrected chi connectivity index (χ2v) is 21.3. The normalized spacial score (nSPS) is 12.8. The predicted octanol–water partition coefficient (Wildman–Crippen LogP) is 22.2. The van der Waals surface area contributed by atoms with Crippen LogP contribution in [0.4, 0.5) is 0 Å². The smallest absolute Gasteiger partial charge is 0.306 e. The van der Waals surface area contributed by atoms with Gasteiger partial charge in [0.05, 0.1) is 0 Å². The zero-order valence-electron chi connectivity index (χ0n) is 50.4. The zero-order chi connectivity index (χ0) is 55.7. The lowest BCUT2D eigenvalue weighted by Crippen LogP contribution is -2.30. The molecule has 0 radical (unpaired) electrons. The Bertz CT molecular complexity index is 1560. The van der Waals surface area contributed by atoms with Crippen LogP contribution in [-0.4, -0.2) is 37.2 Å². The van der Waals surface area contributed by atoms with E-state index in [0.29, 0.717) is 19.3 Å². The zero-order valence-corrected chi connectivity index (χ0v) is 50.4. The van der Waals surface area contributed by atoms with Gasteiger partial charge in [0.1, 0.15) is 13.2 Å². The molecule has 440 valence electrons. The van der Waals surface area contributed by atoms with Crippen molar-refractivity contribution in [3.8, 4) is 0 Å². The van der Waals surface area contributed by atoms with E-state index in [0.717, 1.165) is 122 Å². The molecule has 0 aliphatic carbocycles. The molecule has 0 aromatic rings. The third-order valence-corrected chi connectivity index (χ3v) is 13.7. The van der Waals surface area contributed by atoms with Crippen molar-refractivity contribution in [3.63, 3.8) is 0 Å². The second kappa shape index (κ2) is 64.6. The molecular formula is C71H120O6. The SMILES string of the molecule is CC/C=C\C/C=C\C/C=C\C/C=C\CCCCCCCCC(=O)OC(COC(=O)CCCCCCCC/C=C\C/C=C\C/C=C\CCCCC)COC(=O)CCCCCCCCCCC/C=C\C/C=C\CCCCCCC. The molecule has 1 atom stereocenters. The number of ether oxygens (including phenoxy) is 3. The maximum Gasteiger partial charge on any atom is 0.306 e. The molecule has 0 aromatic heterocycles. The number of carbonyl (C=O) groups excluding carboxylic acids is 3. The first-order valence-corrected chi connectivity index (χ1v) is 32.4. The minimum absolute atomic E-state index is 0.0913. The summed E-state index contributed by atoms with van der Waals surface area (Å²) in [6, 6.07) is 0. The minimum Gasteiger partial charge on any atom is -0.462 e. The first kappa shape index (κ1) is 73.1. The van der Waals surface area contributed by atoms with Crippen LogP contribution in [0.2, 0.25) is 0 Å². The average molecular weight is 1070 g/mol. The molecule has 1 unspecified atom stereocenters. The van der Waals surface area contributed by atoms with Crippen LogP contribution in [-0.2, 0) is 28.6 Å². The van der Waals surface area contributed by atoms with E-state index in [2.05, 4.69) is 130 Å².